The van der Waals surface area contributed by atoms with Gasteiger partial charge in [0.15, 0.2) is 6.61 Å². The van der Waals surface area contributed by atoms with E-state index in [4.69, 9.17) is 15.6 Å². The van der Waals surface area contributed by atoms with Crippen LogP contribution >= 0.6 is 0 Å². The molecule has 1 heterocycles. The van der Waals surface area contributed by atoms with Gasteiger partial charge in [0.2, 0.25) is 5.78 Å². The first-order valence-electron chi connectivity index (χ1n) is 9.93. The molecule has 160 valence electrons. The lowest BCUT2D eigenvalue weighted by atomic mass is 9.90. The highest BCUT2D eigenvalue weighted by atomic mass is 16.5. The lowest BCUT2D eigenvalue weighted by Gasteiger charge is -2.19. The van der Waals surface area contributed by atoms with Crippen molar-refractivity contribution in [2.24, 2.45) is 18.7 Å². The molecule has 0 radical (unpaired) electrons. The van der Waals surface area contributed by atoms with E-state index in [0.717, 1.165) is 37.8 Å². The smallest absolute Gasteiger partial charge is 0.341 e. The molecule has 7 heteroatoms. The van der Waals surface area contributed by atoms with Gasteiger partial charge in [-0.25, -0.2) is 4.79 Å². The Bertz CT molecular complexity index is 791. The predicted octanol–water partition coefficient (Wildman–Crippen LogP) is 3.35. The maximum atomic E-state index is 12.5. The van der Waals surface area contributed by atoms with Crippen LogP contribution in [-0.4, -0.2) is 33.9 Å². The number of ketones is 1. The van der Waals surface area contributed by atoms with Gasteiger partial charge < -0.3 is 20.1 Å². The molecule has 7 nitrogen and oxygen atoms in total. The Hall–Kier alpha value is -2.83. The number of aliphatic carboxylic acids is 1. The summed E-state index contributed by atoms with van der Waals surface area (Å²) in [7, 11) is 1.88. The molecule has 0 unspecified atom stereocenters. The topological polar surface area (TPSA) is 112 Å². The number of amides is 1. The fraction of sp³-hybridized carbons (Fsp3) is 0.500. The van der Waals surface area contributed by atoms with E-state index >= 15 is 0 Å². The highest BCUT2D eigenvalue weighted by Gasteiger charge is 2.19. The van der Waals surface area contributed by atoms with Crippen LogP contribution in [0, 0.1) is 12.8 Å². The summed E-state index contributed by atoms with van der Waals surface area (Å²) in [5.41, 5.74) is 6.93. The van der Waals surface area contributed by atoms with Gasteiger partial charge in [-0.05, 0) is 43.0 Å². The summed E-state index contributed by atoms with van der Waals surface area (Å²) >= 11 is 0. The molecular weight excluding hydrogens is 372 g/mol. The first kappa shape index (κ1) is 24.2. The summed E-state index contributed by atoms with van der Waals surface area (Å²) < 4.78 is 7.18. The van der Waals surface area contributed by atoms with E-state index in [2.05, 4.69) is 13.8 Å². The van der Waals surface area contributed by atoms with Crippen LogP contribution in [0.4, 0.5) is 0 Å². The van der Waals surface area contributed by atoms with Gasteiger partial charge in [0, 0.05) is 24.5 Å². The van der Waals surface area contributed by atoms with E-state index in [9.17, 15) is 14.4 Å². The summed E-state index contributed by atoms with van der Waals surface area (Å²) in [5, 5.41) is 8.88. The molecule has 0 aliphatic rings. The quantitative estimate of drug-likeness (QED) is 0.434. The number of carboxylic acid groups (broad SMARTS) is 1. The first-order chi connectivity index (χ1) is 13.7. The van der Waals surface area contributed by atoms with Gasteiger partial charge in [-0.15, -0.1) is 0 Å². The third-order valence-electron chi connectivity index (χ3n) is 4.83. The maximum absolute atomic E-state index is 12.5. The van der Waals surface area contributed by atoms with Crippen molar-refractivity contribution in [1.29, 1.82) is 0 Å². The van der Waals surface area contributed by atoms with Gasteiger partial charge in [-0.3, -0.25) is 9.59 Å². The number of aromatic nitrogens is 1. The van der Waals surface area contributed by atoms with E-state index in [-0.39, 0.29) is 11.3 Å². The lowest BCUT2D eigenvalue weighted by molar-refractivity contribution is -0.139. The van der Waals surface area contributed by atoms with Crippen LogP contribution in [0.15, 0.2) is 24.4 Å². The Morgan fingerprint density at radius 2 is 1.83 bits per heavy atom. The van der Waals surface area contributed by atoms with E-state index in [0.29, 0.717) is 11.5 Å². The van der Waals surface area contributed by atoms with Crippen LogP contribution in [0.3, 0.4) is 0 Å². The minimum Gasteiger partial charge on any atom is -0.482 e. The van der Waals surface area contributed by atoms with Crippen molar-refractivity contribution in [1.82, 2.24) is 4.57 Å². The largest absolute Gasteiger partial charge is 0.482 e. The van der Waals surface area contributed by atoms with Crippen molar-refractivity contribution in [2.75, 3.05) is 6.61 Å². The number of carbonyl (C=O) groups excluding carboxylic acids is 2. The minimum absolute atomic E-state index is 0.117. The molecule has 3 N–H and O–H groups in total. The van der Waals surface area contributed by atoms with Gasteiger partial charge in [0.05, 0.1) is 0 Å². The molecule has 0 aliphatic carbocycles. The molecule has 0 saturated heterocycles. The molecule has 1 rings (SSSR count). The van der Waals surface area contributed by atoms with E-state index in [1.54, 1.807) is 19.1 Å². The van der Waals surface area contributed by atoms with E-state index in [1.165, 1.54) is 6.07 Å². The summed E-state index contributed by atoms with van der Waals surface area (Å²) in [6.07, 6.45) is 6.83. The molecule has 0 bridgehead atoms. The number of nitrogens with zero attached hydrogens (tertiary/aromatic N) is 1. The van der Waals surface area contributed by atoms with Crippen molar-refractivity contribution in [3.8, 4) is 5.75 Å². The molecule has 1 aromatic heterocycles. The van der Waals surface area contributed by atoms with Crippen molar-refractivity contribution < 1.29 is 24.2 Å². The third kappa shape index (κ3) is 7.60. The zero-order valence-corrected chi connectivity index (χ0v) is 17.7. The first-order valence-corrected chi connectivity index (χ1v) is 9.93. The zero-order valence-electron chi connectivity index (χ0n) is 17.7. The van der Waals surface area contributed by atoms with Crippen molar-refractivity contribution >= 4 is 17.7 Å². The molecule has 0 fully saturated rings. The molecule has 0 aromatic carbocycles. The fourth-order valence-electron chi connectivity index (χ4n) is 3.41. The number of carboxylic acids is 1. The van der Waals surface area contributed by atoms with Crippen LogP contribution in [0.25, 0.3) is 0 Å². The second-order valence-electron chi connectivity index (χ2n) is 7.17. The summed E-state index contributed by atoms with van der Waals surface area (Å²) in [4.78, 5) is 35.0. The number of hydrogen-bond acceptors (Lipinski definition) is 4. The SMILES string of the molecule is CCCC(CCC)Cc1c(C)c(C(=O)C(N)=O)cc(OCC(=O)O)cccn1C. The normalized spacial score (nSPS) is 10.5. The van der Waals surface area contributed by atoms with Gasteiger partial charge in [-0.2, -0.15) is 0 Å². The number of hydrogen-bond donors (Lipinski definition) is 2. The number of ether oxygens (including phenoxy) is 1. The molecule has 1 aromatic rings. The van der Waals surface area contributed by atoms with Gasteiger partial charge in [0.25, 0.3) is 5.91 Å². The third-order valence-corrected chi connectivity index (χ3v) is 4.83. The van der Waals surface area contributed by atoms with Crippen molar-refractivity contribution in [2.45, 2.75) is 52.9 Å². The standard InChI is InChI=1S/C22H32N2O5/c1-5-8-16(9-6-2)12-19-15(3)18(21(27)22(23)28)13-17(29-14-20(25)26)10-7-11-24(19)4/h7,10-11,13,16H,5-6,8-9,12,14H2,1-4H3,(H2,23,28)(H,25,26). The highest BCUT2D eigenvalue weighted by molar-refractivity contribution is 6.42. The summed E-state index contributed by atoms with van der Waals surface area (Å²) in [6.45, 7) is 5.51. The highest BCUT2D eigenvalue weighted by Crippen LogP contribution is 2.23. The number of nitrogens with two attached hydrogens (primary N) is 1. The molecular formula is C22H32N2O5. The van der Waals surface area contributed by atoms with Gasteiger partial charge >= 0.3 is 5.97 Å². The molecule has 1 amide bonds. The number of aryl methyl sites for hydroxylation is 1. The van der Waals surface area contributed by atoms with Crippen molar-refractivity contribution in [3.05, 3.63) is 41.2 Å². The van der Waals surface area contributed by atoms with Crippen LogP contribution in [0.5, 0.6) is 5.75 Å². The summed E-state index contributed by atoms with van der Waals surface area (Å²) in [6, 6.07) is 4.66. The van der Waals surface area contributed by atoms with Crippen LogP contribution in [0.1, 0.15) is 61.1 Å². The predicted molar refractivity (Wildman–Crippen MR) is 111 cm³/mol. The number of primary amides is 1. The lowest BCUT2D eigenvalue weighted by Crippen LogP contribution is -2.24. The van der Waals surface area contributed by atoms with Crippen LogP contribution in [-0.2, 0) is 23.1 Å². The van der Waals surface area contributed by atoms with Gasteiger partial charge in [0.1, 0.15) is 5.75 Å². The maximum Gasteiger partial charge on any atom is 0.341 e. The monoisotopic (exact) mass is 404 g/mol. The average molecular weight is 405 g/mol. The molecule has 0 spiro atoms. The van der Waals surface area contributed by atoms with Crippen LogP contribution < -0.4 is 10.5 Å². The number of rotatable bonds is 11. The van der Waals surface area contributed by atoms with E-state index in [1.807, 2.05) is 17.8 Å². The Kier molecular flexibility index (Phi) is 9.92. The fourth-order valence-corrected chi connectivity index (χ4v) is 3.41. The molecule has 29 heavy (non-hydrogen) atoms. The Balaban J connectivity index is 3.67. The van der Waals surface area contributed by atoms with Crippen molar-refractivity contribution in [3.63, 3.8) is 0 Å². The number of Topliss-reactive ketones (excluding diaryl/α,β-unsaturated/α-hetero) is 1. The Labute approximate surface area is 172 Å². The molecule has 0 aliphatic heterocycles. The number of carbonyl (C=O) groups is 3. The molecule has 0 saturated carbocycles. The molecule has 0 atom stereocenters. The second-order valence-corrected chi connectivity index (χ2v) is 7.17. The Morgan fingerprint density at radius 3 is 2.34 bits per heavy atom. The van der Waals surface area contributed by atoms with Gasteiger partial charge in [-0.1, -0.05) is 39.5 Å². The Morgan fingerprint density at radius 1 is 1.21 bits per heavy atom. The summed E-state index contributed by atoms with van der Waals surface area (Å²) in [5.74, 6) is -2.42. The zero-order chi connectivity index (χ0) is 22.0. The van der Waals surface area contributed by atoms with Crippen LogP contribution in [0.2, 0.25) is 0 Å². The second kappa shape index (κ2) is 11.9. The minimum atomic E-state index is -1.14. The van der Waals surface area contributed by atoms with E-state index < -0.39 is 24.3 Å². The average Bonchev–Trinajstić information content (AvgIpc) is 2.70.